The van der Waals surface area contributed by atoms with Crippen LogP contribution in [0.5, 0.6) is 0 Å². The summed E-state index contributed by atoms with van der Waals surface area (Å²) in [5.41, 5.74) is 0.354. The predicted octanol–water partition coefficient (Wildman–Crippen LogP) is 1.09. The van der Waals surface area contributed by atoms with Crippen molar-refractivity contribution in [3.8, 4) is 0 Å². The third-order valence-corrected chi connectivity index (χ3v) is 1.92. The Balaban J connectivity index is 4.02. The molecule has 0 spiro atoms. The molecule has 0 bridgehead atoms. The molecule has 88 valence electrons. The number of carbonyl (C=O) groups excluding carboxylic acids is 1. The number of hydrogen-bond acceptors (Lipinski definition) is 5. The van der Waals surface area contributed by atoms with Gasteiger partial charge in [0.05, 0.1) is 13.0 Å². The van der Waals surface area contributed by atoms with Crippen LogP contribution in [0.25, 0.3) is 0 Å². The molecule has 0 aliphatic heterocycles. The molecule has 5 heteroatoms. The molecule has 0 aliphatic carbocycles. The number of carbonyl (C=O) groups is 1. The smallest absolute Gasteiger partial charge is 0.333 e. The van der Waals surface area contributed by atoms with Gasteiger partial charge in [-0.15, -0.1) is 0 Å². The number of ether oxygens (including phenoxy) is 4. The Kier molecular flexibility index (Phi) is 6.15. The molecule has 15 heavy (non-hydrogen) atoms. The largest absolute Gasteiger partial charge is 0.462 e. The number of hydrogen-bond donors (Lipinski definition) is 0. The average molecular weight is 218 g/mol. The first kappa shape index (κ1) is 14.1. The molecule has 0 heterocycles. The van der Waals surface area contributed by atoms with Crippen LogP contribution in [0.1, 0.15) is 13.3 Å². The second-order valence-electron chi connectivity index (χ2n) is 2.96. The molecule has 0 amide bonds. The van der Waals surface area contributed by atoms with Crippen LogP contribution in [-0.4, -0.2) is 39.9 Å². The second kappa shape index (κ2) is 6.55. The summed E-state index contributed by atoms with van der Waals surface area (Å²) >= 11 is 0. The summed E-state index contributed by atoms with van der Waals surface area (Å²) in [6.45, 7) is 5.18. The fourth-order valence-electron chi connectivity index (χ4n) is 0.948. The van der Waals surface area contributed by atoms with Crippen molar-refractivity contribution in [3.05, 3.63) is 12.2 Å². The summed E-state index contributed by atoms with van der Waals surface area (Å²) in [6.07, 6.45) is 0.287. The van der Waals surface area contributed by atoms with Gasteiger partial charge in [-0.3, -0.25) is 0 Å². The highest BCUT2D eigenvalue weighted by Crippen LogP contribution is 2.16. The lowest BCUT2D eigenvalue weighted by molar-refractivity contribution is -0.356. The molecule has 0 radical (unpaired) electrons. The predicted molar refractivity (Wildman–Crippen MR) is 54.1 cm³/mol. The maximum atomic E-state index is 11.0. The lowest BCUT2D eigenvalue weighted by Crippen LogP contribution is -2.37. The third kappa shape index (κ3) is 4.42. The van der Waals surface area contributed by atoms with E-state index in [4.69, 9.17) is 18.9 Å². The standard InChI is InChI=1S/C10H18O5/c1-8(2)9(11)15-7-6-10(12-3,13-4)14-5/h1,6-7H2,2-5H3. The lowest BCUT2D eigenvalue weighted by Gasteiger charge is -2.28. The molecule has 0 aliphatic rings. The Morgan fingerprint density at radius 1 is 1.20 bits per heavy atom. The van der Waals surface area contributed by atoms with Gasteiger partial charge in [0.2, 0.25) is 0 Å². The van der Waals surface area contributed by atoms with Gasteiger partial charge in [0.1, 0.15) is 0 Å². The summed E-state index contributed by atoms with van der Waals surface area (Å²) in [7, 11) is 4.36. The number of methoxy groups -OCH3 is 3. The minimum Gasteiger partial charge on any atom is -0.462 e. The molecule has 0 aromatic carbocycles. The van der Waals surface area contributed by atoms with E-state index in [1.807, 2.05) is 0 Å². The van der Waals surface area contributed by atoms with Gasteiger partial charge in [0, 0.05) is 26.9 Å². The number of rotatable bonds is 7. The van der Waals surface area contributed by atoms with Crippen LogP contribution in [0.2, 0.25) is 0 Å². The molecule has 0 fully saturated rings. The van der Waals surface area contributed by atoms with Gasteiger partial charge >= 0.3 is 5.97 Å². The Hall–Kier alpha value is -0.910. The van der Waals surface area contributed by atoms with E-state index >= 15 is 0 Å². The maximum Gasteiger partial charge on any atom is 0.333 e. The highest BCUT2D eigenvalue weighted by atomic mass is 16.9. The fraction of sp³-hybridized carbons (Fsp3) is 0.700. The zero-order valence-electron chi connectivity index (χ0n) is 9.66. The minimum absolute atomic E-state index is 0.140. The SMILES string of the molecule is C=C(C)C(=O)OCCC(OC)(OC)OC. The zero-order chi connectivity index (χ0) is 11.9. The van der Waals surface area contributed by atoms with Crippen molar-refractivity contribution in [1.29, 1.82) is 0 Å². The molecule has 5 nitrogen and oxygen atoms in total. The van der Waals surface area contributed by atoms with Crippen LogP contribution in [0.4, 0.5) is 0 Å². The van der Waals surface area contributed by atoms with Gasteiger partial charge in [-0.05, 0) is 6.92 Å². The van der Waals surface area contributed by atoms with Crippen molar-refractivity contribution < 1.29 is 23.7 Å². The molecule has 0 N–H and O–H groups in total. The van der Waals surface area contributed by atoms with Gasteiger partial charge in [-0.1, -0.05) is 6.58 Å². The minimum atomic E-state index is -1.16. The van der Waals surface area contributed by atoms with Crippen molar-refractivity contribution in [1.82, 2.24) is 0 Å². The zero-order valence-corrected chi connectivity index (χ0v) is 9.66. The van der Waals surface area contributed by atoms with Crippen LogP contribution in [0, 0.1) is 0 Å². The molecule has 0 saturated carbocycles. The molecule has 0 unspecified atom stereocenters. The van der Waals surface area contributed by atoms with Crippen LogP contribution >= 0.6 is 0 Å². The van der Waals surface area contributed by atoms with E-state index in [9.17, 15) is 4.79 Å². The summed E-state index contributed by atoms with van der Waals surface area (Å²) < 4.78 is 19.9. The van der Waals surface area contributed by atoms with Crippen molar-refractivity contribution >= 4 is 5.97 Å². The summed E-state index contributed by atoms with van der Waals surface area (Å²) in [5, 5.41) is 0. The summed E-state index contributed by atoms with van der Waals surface area (Å²) in [5.74, 6) is -1.60. The molecule has 0 aromatic heterocycles. The Bertz CT molecular complexity index is 212. The van der Waals surface area contributed by atoms with Crippen LogP contribution in [-0.2, 0) is 23.7 Å². The molecule has 0 rings (SSSR count). The van der Waals surface area contributed by atoms with Crippen LogP contribution in [0.3, 0.4) is 0 Å². The van der Waals surface area contributed by atoms with Crippen molar-refractivity contribution in [2.24, 2.45) is 0 Å². The van der Waals surface area contributed by atoms with E-state index in [2.05, 4.69) is 6.58 Å². The lowest BCUT2D eigenvalue weighted by atomic mass is 10.3. The first-order valence-corrected chi connectivity index (χ1v) is 4.49. The summed E-state index contributed by atoms with van der Waals surface area (Å²) in [6, 6.07) is 0. The van der Waals surface area contributed by atoms with Gasteiger partial charge in [0.15, 0.2) is 0 Å². The van der Waals surface area contributed by atoms with E-state index in [0.717, 1.165) is 0 Å². The third-order valence-electron chi connectivity index (χ3n) is 1.92. The van der Waals surface area contributed by atoms with E-state index < -0.39 is 11.9 Å². The van der Waals surface area contributed by atoms with E-state index in [0.29, 0.717) is 5.57 Å². The molecule has 0 aromatic rings. The van der Waals surface area contributed by atoms with Crippen molar-refractivity contribution in [2.45, 2.75) is 19.3 Å². The quantitative estimate of drug-likeness (QED) is 0.364. The fourth-order valence-corrected chi connectivity index (χ4v) is 0.948. The summed E-state index contributed by atoms with van der Waals surface area (Å²) in [4.78, 5) is 11.0. The molecular weight excluding hydrogens is 200 g/mol. The van der Waals surface area contributed by atoms with Gasteiger partial charge < -0.3 is 18.9 Å². The first-order valence-electron chi connectivity index (χ1n) is 4.49. The molecule has 0 saturated heterocycles. The van der Waals surface area contributed by atoms with Gasteiger partial charge in [-0.2, -0.15) is 0 Å². The topological polar surface area (TPSA) is 54.0 Å². The Morgan fingerprint density at radius 2 is 1.67 bits per heavy atom. The van der Waals surface area contributed by atoms with E-state index in [1.165, 1.54) is 21.3 Å². The number of esters is 1. The Labute approximate surface area is 89.9 Å². The Morgan fingerprint density at radius 3 is 2.00 bits per heavy atom. The van der Waals surface area contributed by atoms with Crippen LogP contribution < -0.4 is 0 Å². The van der Waals surface area contributed by atoms with Gasteiger partial charge in [0.25, 0.3) is 5.97 Å². The monoisotopic (exact) mass is 218 g/mol. The van der Waals surface area contributed by atoms with Crippen LogP contribution in [0.15, 0.2) is 12.2 Å². The van der Waals surface area contributed by atoms with Crippen molar-refractivity contribution in [2.75, 3.05) is 27.9 Å². The highest BCUT2D eigenvalue weighted by molar-refractivity contribution is 5.86. The highest BCUT2D eigenvalue weighted by Gasteiger charge is 2.29. The molecule has 0 atom stereocenters. The first-order chi connectivity index (χ1) is 7.01. The molecular formula is C10H18O5. The van der Waals surface area contributed by atoms with E-state index in [-0.39, 0.29) is 13.0 Å². The normalized spacial score (nSPS) is 11.2. The van der Waals surface area contributed by atoms with Gasteiger partial charge in [-0.25, -0.2) is 4.79 Å². The average Bonchev–Trinajstić information content (AvgIpc) is 2.24. The van der Waals surface area contributed by atoms with Crippen molar-refractivity contribution in [3.63, 3.8) is 0 Å². The second-order valence-corrected chi connectivity index (χ2v) is 2.96. The maximum absolute atomic E-state index is 11.0. The van der Waals surface area contributed by atoms with E-state index in [1.54, 1.807) is 6.92 Å².